The second kappa shape index (κ2) is 19.8. The average Bonchev–Trinajstić information content (AvgIpc) is 3.26. The lowest BCUT2D eigenvalue weighted by atomic mass is 9.94. The number of aromatic nitrogens is 4. The Balaban J connectivity index is 0.918. The molecule has 3 N–H and O–H groups in total. The third-order valence-corrected chi connectivity index (χ3v) is 14.2. The van der Waals surface area contributed by atoms with Crippen LogP contribution in [-0.4, -0.2) is 117 Å². The molecule has 2 fully saturated rings. The molecule has 4 heterocycles. The van der Waals surface area contributed by atoms with Crippen LogP contribution in [0.1, 0.15) is 37.7 Å². The van der Waals surface area contributed by atoms with Gasteiger partial charge in [0.05, 0.1) is 33.8 Å². The van der Waals surface area contributed by atoms with Gasteiger partial charge in [0.2, 0.25) is 18.3 Å². The standard InChI is InChI=1S/C45H57BrN11O4P/c1-30-25-38(52-45-49-27-35(46)44(53-45)51-37-12-11-36-42(48-19-18-47-36)43(37)62(5,6)60)40(61-4)26-39(30)57-23-15-33(16-24-57)55(3)28-31-13-21-56(22-14-31)34-9-7-32(8-10-34)54(2)20-17-41(59)50-29-58/h7-12,18-19,25-27,29,31,33H,13-17,20-24,28H2,1-6H3,(H,50,58,59)(H2,49,51,52,53). The minimum Gasteiger partial charge on any atom is -0.494 e. The number of carbonyl (C=O) groups is 2. The Kier molecular flexibility index (Phi) is 14.3. The van der Waals surface area contributed by atoms with Gasteiger partial charge in [0, 0.05) is 100 Å². The van der Waals surface area contributed by atoms with Gasteiger partial charge in [0.1, 0.15) is 24.2 Å². The summed E-state index contributed by atoms with van der Waals surface area (Å²) in [5, 5.41) is 9.57. The fraction of sp³-hybridized carbons (Fsp3) is 0.422. The van der Waals surface area contributed by atoms with E-state index in [0.29, 0.717) is 68.9 Å². The molecule has 0 radical (unpaired) electrons. The lowest BCUT2D eigenvalue weighted by molar-refractivity contribution is -0.125. The first-order valence-electron chi connectivity index (χ1n) is 21.1. The summed E-state index contributed by atoms with van der Waals surface area (Å²) in [6.45, 7) is 11.3. The summed E-state index contributed by atoms with van der Waals surface area (Å²) < 4.78 is 20.1. The maximum absolute atomic E-state index is 13.5. The third-order valence-electron chi connectivity index (χ3n) is 12.1. The van der Waals surface area contributed by atoms with Gasteiger partial charge in [-0.1, -0.05) is 0 Å². The molecule has 0 spiro atoms. The maximum Gasteiger partial charge on any atom is 0.229 e. The number of anilines is 7. The molecule has 0 aliphatic carbocycles. The topological polar surface area (TPSA) is 161 Å². The van der Waals surface area contributed by atoms with E-state index in [1.165, 1.54) is 18.5 Å². The quantitative estimate of drug-likeness (QED) is 0.0676. The summed E-state index contributed by atoms with van der Waals surface area (Å²) in [5.74, 6) is 1.99. The van der Waals surface area contributed by atoms with E-state index in [1.807, 2.05) is 24.1 Å². The van der Waals surface area contributed by atoms with Crippen molar-refractivity contribution >= 4 is 91.9 Å². The van der Waals surface area contributed by atoms with E-state index < -0.39 is 7.14 Å². The van der Waals surface area contributed by atoms with Crippen molar-refractivity contribution < 1.29 is 18.9 Å². The van der Waals surface area contributed by atoms with Crippen LogP contribution in [-0.2, 0) is 14.2 Å². The van der Waals surface area contributed by atoms with E-state index in [1.54, 1.807) is 39.0 Å². The second-order valence-corrected chi connectivity index (χ2v) is 20.7. The van der Waals surface area contributed by atoms with Gasteiger partial charge in [-0.3, -0.25) is 24.9 Å². The number of aryl methyl sites for hydroxylation is 1. The first kappa shape index (κ1) is 44.7. The predicted molar refractivity (Wildman–Crippen MR) is 254 cm³/mol. The fourth-order valence-corrected chi connectivity index (χ4v) is 10.3. The van der Waals surface area contributed by atoms with Gasteiger partial charge in [-0.25, -0.2) is 4.98 Å². The molecule has 328 valence electrons. The molecule has 62 heavy (non-hydrogen) atoms. The highest BCUT2D eigenvalue weighted by molar-refractivity contribution is 9.10. The van der Waals surface area contributed by atoms with Crippen LogP contribution in [0.5, 0.6) is 5.75 Å². The van der Waals surface area contributed by atoms with Gasteiger partial charge in [-0.2, -0.15) is 4.98 Å². The van der Waals surface area contributed by atoms with Gasteiger partial charge in [-0.05, 0) is 123 Å². The number of hydrogen-bond acceptors (Lipinski definition) is 14. The molecule has 0 bridgehead atoms. The Morgan fingerprint density at radius 2 is 1.65 bits per heavy atom. The number of ether oxygens (including phenoxy) is 1. The van der Waals surface area contributed by atoms with Crippen molar-refractivity contribution in [2.24, 2.45) is 5.92 Å². The number of piperidine rings is 2. The van der Waals surface area contributed by atoms with Gasteiger partial charge in [0.25, 0.3) is 0 Å². The Bertz CT molecular complexity index is 2420. The van der Waals surface area contributed by atoms with Crippen LogP contribution in [0.15, 0.2) is 71.6 Å². The highest BCUT2D eigenvalue weighted by Gasteiger charge is 2.28. The van der Waals surface area contributed by atoms with Crippen molar-refractivity contribution in [2.75, 3.05) is 99.1 Å². The molecule has 17 heteroatoms. The van der Waals surface area contributed by atoms with E-state index in [4.69, 9.17) is 9.72 Å². The minimum atomic E-state index is -2.76. The molecule has 2 amide bonds. The number of benzene rings is 3. The highest BCUT2D eigenvalue weighted by Crippen LogP contribution is 2.42. The fourth-order valence-electron chi connectivity index (χ4n) is 8.65. The molecule has 15 nitrogen and oxygen atoms in total. The molecule has 2 aliphatic rings. The molecule has 2 aliphatic heterocycles. The summed E-state index contributed by atoms with van der Waals surface area (Å²) in [6.07, 6.45) is 10.1. The smallest absolute Gasteiger partial charge is 0.229 e. The monoisotopic (exact) mass is 925 g/mol. The molecule has 0 saturated carbocycles. The molecule has 7 rings (SSSR count). The SMILES string of the molecule is COc1cc(N2CCC(N(C)CC3CCN(c4ccc(N(C)CCC(=O)NC=O)cc4)CC3)CC2)c(C)cc1Nc1ncc(Br)c(Nc2ccc3nccnc3c2P(C)(C)=O)n1. The molecule has 5 aromatic rings. The van der Waals surface area contributed by atoms with Crippen LogP contribution in [0.25, 0.3) is 11.0 Å². The Morgan fingerprint density at radius 3 is 2.34 bits per heavy atom. The van der Waals surface area contributed by atoms with Crippen LogP contribution < -0.4 is 40.7 Å². The molecular formula is C45H57BrN11O4P. The van der Waals surface area contributed by atoms with Crippen LogP contribution in [0.2, 0.25) is 0 Å². The van der Waals surface area contributed by atoms with Crippen molar-refractivity contribution in [2.45, 2.75) is 45.1 Å². The number of methoxy groups -OCH3 is 1. The van der Waals surface area contributed by atoms with Crippen molar-refractivity contribution in [3.63, 3.8) is 0 Å². The molecule has 3 aromatic carbocycles. The maximum atomic E-state index is 13.5. The van der Waals surface area contributed by atoms with Gasteiger partial charge in [-0.15, -0.1) is 0 Å². The van der Waals surface area contributed by atoms with Gasteiger partial charge < -0.3 is 39.5 Å². The van der Waals surface area contributed by atoms with Crippen LogP contribution in [0, 0.1) is 12.8 Å². The highest BCUT2D eigenvalue weighted by atomic mass is 79.9. The largest absolute Gasteiger partial charge is 0.494 e. The zero-order valence-electron chi connectivity index (χ0n) is 36.4. The van der Waals surface area contributed by atoms with Crippen LogP contribution in [0.3, 0.4) is 0 Å². The second-order valence-electron chi connectivity index (χ2n) is 16.7. The average molecular weight is 927 g/mol. The number of halogens is 1. The number of nitrogens with zero attached hydrogens (tertiary/aromatic N) is 8. The van der Waals surface area contributed by atoms with Gasteiger partial charge in [0.15, 0.2) is 0 Å². The zero-order valence-corrected chi connectivity index (χ0v) is 38.9. The summed E-state index contributed by atoms with van der Waals surface area (Å²) in [4.78, 5) is 50.0. The van der Waals surface area contributed by atoms with Gasteiger partial charge >= 0.3 is 0 Å². The van der Waals surface area contributed by atoms with E-state index in [2.05, 4.69) is 112 Å². The normalized spacial score (nSPS) is 15.2. The number of fused-ring (bicyclic) bond motifs is 1. The predicted octanol–water partition coefficient (Wildman–Crippen LogP) is 7.15. The molecule has 2 saturated heterocycles. The summed E-state index contributed by atoms with van der Waals surface area (Å²) >= 11 is 3.59. The first-order valence-corrected chi connectivity index (χ1v) is 24.5. The first-order chi connectivity index (χ1) is 29.8. The molecule has 0 atom stereocenters. The van der Waals surface area contributed by atoms with E-state index in [-0.39, 0.29) is 12.3 Å². The van der Waals surface area contributed by atoms with Crippen LogP contribution in [0.4, 0.5) is 40.2 Å². The van der Waals surface area contributed by atoms with Crippen molar-refractivity contribution in [1.82, 2.24) is 30.2 Å². The number of hydrogen-bond donors (Lipinski definition) is 3. The Labute approximate surface area is 372 Å². The number of nitrogens with one attached hydrogen (secondary N) is 3. The van der Waals surface area contributed by atoms with E-state index >= 15 is 0 Å². The summed E-state index contributed by atoms with van der Waals surface area (Å²) in [6, 6.07) is 17.0. The summed E-state index contributed by atoms with van der Waals surface area (Å²) in [7, 11) is 3.17. The number of carbonyl (C=O) groups excluding carboxylic acids is 2. The third kappa shape index (κ3) is 10.6. The molecule has 2 aromatic heterocycles. The lowest BCUT2D eigenvalue weighted by Gasteiger charge is -2.41. The van der Waals surface area contributed by atoms with Crippen molar-refractivity contribution in [1.29, 1.82) is 0 Å². The Morgan fingerprint density at radius 1 is 0.935 bits per heavy atom. The molecular weight excluding hydrogens is 869 g/mol. The van der Waals surface area contributed by atoms with Crippen LogP contribution >= 0.6 is 23.1 Å². The van der Waals surface area contributed by atoms with Crippen molar-refractivity contribution in [3.05, 3.63) is 77.2 Å². The van der Waals surface area contributed by atoms with E-state index in [0.717, 1.165) is 68.2 Å². The van der Waals surface area contributed by atoms with Crippen molar-refractivity contribution in [3.8, 4) is 5.75 Å². The number of amides is 2. The lowest BCUT2D eigenvalue weighted by Crippen LogP contribution is -2.46. The zero-order chi connectivity index (χ0) is 44.0. The number of rotatable bonds is 16. The summed E-state index contributed by atoms with van der Waals surface area (Å²) in [5.41, 5.74) is 7.26. The minimum absolute atomic E-state index is 0.268. The number of imide groups is 1. The van der Waals surface area contributed by atoms with E-state index in [9.17, 15) is 14.2 Å². The molecule has 0 unspecified atom stereocenters. The Hall–Kier alpha value is -5.31.